The van der Waals surface area contributed by atoms with Gasteiger partial charge in [-0.2, -0.15) is 0 Å². The first-order valence-electron chi connectivity index (χ1n) is 10.5. The molecule has 1 aromatic carbocycles. The van der Waals surface area contributed by atoms with Gasteiger partial charge >= 0.3 is 0 Å². The third-order valence-corrected chi connectivity index (χ3v) is 7.04. The quantitative estimate of drug-likeness (QED) is 0.319. The third-order valence-electron chi connectivity index (χ3n) is 6.18. The van der Waals surface area contributed by atoms with E-state index >= 15 is 0 Å². The Labute approximate surface area is 196 Å². The predicted molar refractivity (Wildman–Crippen MR) is 134 cm³/mol. The van der Waals surface area contributed by atoms with Crippen LogP contribution in [0.2, 0.25) is 0 Å². The van der Waals surface area contributed by atoms with Crippen molar-refractivity contribution in [3.05, 3.63) is 58.3 Å². The lowest BCUT2D eigenvalue weighted by Crippen LogP contribution is -2.45. The summed E-state index contributed by atoms with van der Waals surface area (Å²) in [5.41, 5.74) is 1.76. The monoisotopic (exact) mass is 524 g/mol. The molecule has 2 aliphatic rings. The largest absolute Gasteiger partial charge is 0.356 e. The van der Waals surface area contributed by atoms with Crippen molar-refractivity contribution >= 4 is 41.3 Å². The van der Waals surface area contributed by atoms with Gasteiger partial charge < -0.3 is 10.6 Å². The molecule has 0 spiro atoms. The van der Waals surface area contributed by atoms with Crippen molar-refractivity contribution in [1.82, 2.24) is 15.5 Å². The molecule has 1 unspecified atom stereocenters. The Balaban J connectivity index is 0.00000240. The van der Waals surface area contributed by atoms with Crippen LogP contribution in [-0.4, -0.2) is 44.1 Å². The highest BCUT2D eigenvalue weighted by atomic mass is 127. The van der Waals surface area contributed by atoms with Gasteiger partial charge in [-0.25, -0.2) is 0 Å². The predicted octanol–water partition coefficient (Wildman–Crippen LogP) is 4.47. The minimum atomic E-state index is 0. The van der Waals surface area contributed by atoms with Gasteiger partial charge in [0.15, 0.2) is 5.96 Å². The maximum absolute atomic E-state index is 4.46. The number of hydrogen-bond donors (Lipinski definition) is 2. The number of nitrogens with zero attached hydrogens (tertiary/aromatic N) is 2. The molecule has 6 heteroatoms. The maximum atomic E-state index is 4.46. The van der Waals surface area contributed by atoms with Gasteiger partial charge in [0.05, 0.1) is 0 Å². The molecule has 0 radical (unpaired) electrons. The summed E-state index contributed by atoms with van der Waals surface area (Å²) in [7, 11) is 1.88. The molecule has 158 valence electrons. The van der Waals surface area contributed by atoms with Gasteiger partial charge in [-0.15, -0.1) is 35.3 Å². The van der Waals surface area contributed by atoms with Gasteiger partial charge in [0.25, 0.3) is 0 Å². The smallest absolute Gasteiger partial charge is 0.191 e. The molecule has 4 rings (SSSR count). The molecule has 0 bridgehead atoms. The summed E-state index contributed by atoms with van der Waals surface area (Å²) in [6.45, 7) is 5.46. The van der Waals surface area contributed by atoms with Gasteiger partial charge in [-0.1, -0.05) is 36.4 Å². The zero-order chi connectivity index (χ0) is 19.2. The summed E-state index contributed by atoms with van der Waals surface area (Å²) in [4.78, 5) is 8.54. The molecule has 1 aliphatic heterocycles. The van der Waals surface area contributed by atoms with Crippen LogP contribution < -0.4 is 10.6 Å². The topological polar surface area (TPSA) is 39.7 Å². The molecule has 1 saturated heterocycles. The molecule has 29 heavy (non-hydrogen) atoms. The molecule has 2 N–H and O–H groups in total. The lowest BCUT2D eigenvalue weighted by atomic mass is 9.96. The van der Waals surface area contributed by atoms with E-state index in [0.717, 1.165) is 25.6 Å². The highest BCUT2D eigenvalue weighted by Gasteiger charge is 2.44. The van der Waals surface area contributed by atoms with Crippen molar-refractivity contribution in [1.29, 1.82) is 0 Å². The molecule has 0 amide bonds. The lowest BCUT2D eigenvalue weighted by Gasteiger charge is -2.32. The number of likely N-dealkylation sites (tertiary alicyclic amines) is 1. The molecule has 1 aliphatic carbocycles. The van der Waals surface area contributed by atoms with Crippen LogP contribution in [0.15, 0.2) is 52.8 Å². The Hall–Kier alpha value is -1.12. The molecular weight excluding hydrogens is 491 g/mol. The molecule has 2 heterocycles. The number of thiophene rings is 1. The number of halogens is 1. The Morgan fingerprint density at radius 2 is 2.00 bits per heavy atom. The van der Waals surface area contributed by atoms with Gasteiger partial charge in [0.2, 0.25) is 0 Å². The van der Waals surface area contributed by atoms with Crippen LogP contribution in [0.1, 0.15) is 36.1 Å². The molecule has 1 atom stereocenters. The average molecular weight is 525 g/mol. The summed E-state index contributed by atoms with van der Waals surface area (Å²) in [6.07, 6.45) is 5.13. The SMILES string of the molecule is CN=C(NCC1CCCN(Cc2cccs2)C1)NCC1(c2ccccc2)CC1.I. The van der Waals surface area contributed by atoms with Gasteiger partial charge in [0, 0.05) is 43.5 Å². The fraction of sp³-hybridized carbons (Fsp3) is 0.522. The third kappa shape index (κ3) is 6.18. The van der Waals surface area contributed by atoms with E-state index in [1.165, 1.54) is 49.2 Å². The molecule has 2 aromatic rings. The molecule has 1 saturated carbocycles. The normalized spacial score (nSPS) is 21.3. The van der Waals surface area contributed by atoms with Crippen molar-refractivity contribution in [2.45, 2.75) is 37.6 Å². The first kappa shape index (κ1) is 22.6. The second-order valence-corrected chi connectivity index (χ2v) is 9.31. The zero-order valence-corrected chi connectivity index (χ0v) is 20.4. The minimum Gasteiger partial charge on any atom is -0.356 e. The van der Waals surface area contributed by atoms with Crippen LogP contribution >= 0.6 is 35.3 Å². The van der Waals surface area contributed by atoms with Crippen molar-refractivity contribution in [3.63, 3.8) is 0 Å². The van der Waals surface area contributed by atoms with Gasteiger partial charge in [-0.05, 0) is 55.2 Å². The summed E-state index contributed by atoms with van der Waals surface area (Å²) < 4.78 is 0. The van der Waals surface area contributed by atoms with E-state index in [2.05, 4.69) is 68.4 Å². The number of aliphatic imine (C=N–C) groups is 1. The fourth-order valence-electron chi connectivity index (χ4n) is 4.31. The van der Waals surface area contributed by atoms with Crippen LogP contribution in [0, 0.1) is 5.92 Å². The Morgan fingerprint density at radius 1 is 1.17 bits per heavy atom. The van der Waals surface area contributed by atoms with Crippen molar-refractivity contribution in [3.8, 4) is 0 Å². The van der Waals surface area contributed by atoms with Crippen molar-refractivity contribution < 1.29 is 0 Å². The van der Waals surface area contributed by atoms with Crippen LogP contribution in [0.25, 0.3) is 0 Å². The lowest BCUT2D eigenvalue weighted by molar-refractivity contribution is 0.169. The molecule has 2 fully saturated rings. The summed E-state index contributed by atoms with van der Waals surface area (Å²) in [5.74, 6) is 1.63. The van der Waals surface area contributed by atoms with Crippen molar-refractivity contribution in [2.75, 3.05) is 33.2 Å². The highest BCUT2D eigenvalue weighted by molar-refractivity contribution is 14.0. The van der Waals surface area contributed by atoms with Crippen LogP contribution in [0.4, 0.5) is 0 Å². The second-order valence-electron chi connectivity index (χ2n) is 8.28. The van der Waals surface area contributed by atoms with Crippen LogP contribution in [0.3, 0.4) is 0 Å². The fourth-order valence-corrected chi connectivity index (χ4v) is 5.06. The van der Waals surface area contributed by atoms with E-state index in [0.29, 0.717) is 11.3 Å². The summed E-state index contributed by atoms with van der Waals surface area (Å²) in [5, 5.41) is 9.35. The number of nitrogens with one attached hydrogen (secondary N) is 2. The Kier molecular flexibility index (Phi) is 8.38. The summed E-state index contributed by atoms with van der Waals surface area (Å²) >= 11 is 1.87. The Bertz CT molecular complexity index is 758. The average Bonchev–Trinajstić information content (AvgIpc) is 3.36. The number of hydrogen-bond acceptors (Lipinski definition) is 3. The number of rotatable bonds is 7. The van der Waals surface area contributed by atoms with E-state index in [4.69, 9.17) is 0 Å². The first-order valence-corrected chi connectivity index (χ1v) is 11.4. The van der Waals surface area contributed by atoms with E-state index in [-0.39, 0.29) is 24.0 Å². The highest BCUT2D eigenvalue weighted by Crippen LogP contribution is 2.47. The first-order chi connectivity index (χ1) is 13.8. The van der Waals surface area contributed by atoms with Crippen LogP contribution in [0.5, 0.6) is 0 Å². The summed E-state index contributed by atoms with van der Waals surface area (Å²) in [6, 6.07) is 15.3. The second kappa shape index (κ2) is 10.8. The Morgan fingerprint density at radius 3 is 2.69 bits per heavy atom. The van der Waals surface area contributed by atoms with Crippen molar-refractivity contribution in [2.24, 2.45) is 10.9 Å². The maximum Gasteiger partial charge on any atom is 0.191 e. The molecular formula is C23H33IN4S. The standard InChI is InChI=1S/C23H32N4S.HI/c1-24-22(26-18-23(11-12-23)20-8-3-2-4-9-20)25-15-19-7-5-13-27(16-19)17-21-10-6-14-28-21;/h2-4,6,8-10,14,19H,5,7,11-13,15-18H2,1H3,(H2,24,25,26);1H. The van der Waals surface area contributed by atoms with E-state index in [9.17, 15) is 0 Å². The van der Waals surface area contributed by atoms with Gasteiger partial charge in [0.1, 0.15) is 0 Å². The zero-order valence-electron chi connectivity index (χ0n) is 17.3. The number of benzene rings is 1. The minimum absolute atomic E-state index is 0. The van der Waals surface area contributed by atoms with Crippen LogP contribution in [-0.2, 0) is 12.0 Å². The number of piperidine rings is 1. The van der Waals surface area contributed by atoms with E-state index in [1.807, 2.05) is 18.4 Å². The van der Waals surface area contributed by atoms with Gasteiger partial charge in [-0.3, -0.25) is 9.89 Å². The molecule has 4 nitrogen and oxygen atoms in total. The molecule has 1 aromatic heterocycles. The van der Waals surface area contributed by atoms with E-state index < -0.39 is 0 Å². The number of guanidine groups is 1. The van der Waals surface area contributed by atoms with E-state index in [1.54, 1.807) is 0 Å².